The number of benzene rings is 1. The fourth-order valence-corrected chi connectivity index (χ4v) is 2.86. The molecule has 0 saturated heterocycles. The van der Waals surface area contributed by atoms with E-state index in [-0.39, 0.29) is 6.04 Å². The first-order valence-corrected chi connectivity index (χ1v) is 7.78. The number of hydrogen-bond donors (Lipinski definition) is 1. The van der Waals surface area contributed by atoms with Crippen molar-refractivity contribution in [1.29, 1.82) is 0 Å². The first-order valence-electron chi connectivity index (χ1n) is 7.78. The highest BCUT2D eigenvalue weighted by Crippen LogP contribution is 2.23. The molecule has 1 aliphatic rings. The van der Waals surface area contributed by atoms with E-state index in [4.69, 9.17) is 5.73 Å². The lowest BCUT2D eigenvalue weighted by Gasteiger charge is -2.29. The average Bonchev–Trinajstić information content (AvgIpc) is 2.55. The molecule has 110 valence electrons. The van der Waals surface area contributed by atoms with Gasteiger partial charge in [-0.15, -0.1) is 0 Å². The van der Waals surface area contributed by atoms with Crippen LogP contribution in [0.5, 0.6) is 0 Å². The van der Waals surface area contributed by atoms with Gasteiger partial charge in [0.25, 0.3) is 0 Å². The standard InChI is InChI=1S/C18H23N3/c1-2-17(19)11-14-7-8-18(20-12-14)21-10-9-15-5-3-4-6-16(15)13-21/h3-8,12,17H,2,9-11,13,19H2,1H3. The van der Waals surface area contributed by atoms with Crippen LogP contribution < -0.4 is 10.6 Å². The first-order chi connectivity index (χ1) is 10.3. The predicted molar refractivity (Wildman–Crippen MR) is 87.4 cm³/mol. The summed E-state index contributed by atoms with van der Waals surface area (Å²) in [4.78, 5) is 6.99. The van der Waals surface area contributed by atoms with Crippen LogP contribution in [0.2, 0.25) is 0 Å². The first kappa shape index (κ1) is 14.1. The second kappa shape index (κ2) is 6.27. The van der Waals surface area contributed by atoms with Gasteiger partial charge >= 0.3 is 0 Å². The van der Waals surface area contributed by atoms with E-state index >= 15 is 0 Å². The highest BCUT2D eigenvalue weighted by molar-refractivity contribution is 5.44. The Morgan fingerprint density at radius 3 is 2.71 bits per heavy atom. The third kappa shape index (κ3) is 3.24. The van der Waals surface area contributed by atoms with Crippen LogP contribution in [0.25, 0.3) is 0 Å². The van der Waals surface area contributed by atoms with Crippen LogP contribution >= 0.6 is 0 Å². The molecule has 0 bridgehead atoms. The van der Waals surface area contributed by atoms with E-state index in [2.05, 4.69) is 53.2 Å². The minimum absolute atomic E-state index is 0.236. The maximum absolute atomic E-state index is 6.00. The van der Waals surface area contributed by atoms with E-state index in [0.717, 1.165) is 38.2 Å². The van der Waals surface area contributed by atoms with Crippen molar-refractivity contribution in [3.63, 3.8) is 0 Å². The summed E-state index contributed by atoms with van der Waals surface area (Å²) >= 11 is 0. The largest absolute Gasteiger partial charge is 0.352 e. The van der Waals surface area contributed by atoms with Gasteiger partial charge in [-0.25, -0.2) is 4.98 Å². The Hall–Kier alpha value is -1.87. The fourth-order valence-electron chi connectivity index (χ4n) is 2.86. The van der Waals surface area contributed by atoms with Crippen LogP contribution in [0.4, 0.5) is 5.82 Å². The molecular weight excluding hydrogens is 258 g/mol. The monoisotopic (exact) mass is 281 g/mol. The van der Waals surface area contributed by atoms with Crippen LogP contribution in [-0.2, 0) is 19.4 Å². The normalized spacial score (nSPS) is 15.6. The molecule has 2 heterocycles. The molecule has 2 N–H and O–H groups in total. The smallest absolute Gasteiger partial charge is 0.128 e. The summed E-state index contributed by atoms with van der Waals surface area (Å²) in [6.07, 6.45) is 4.99. The summed E-state index contributed by atoms with van der Waals surface area (Å²) in [5.41, 5.74) is 10.1. The molecule has 0 aliphatic carbocycles. The van der Waals surface area contributed by atoms with Crippen molar-refractivity contribution in [2.24, 2.45) is 5.73 Å². The number of anilines is 1. The van der Waals surface area contributed by atoms with Crippen molar-refractivity contribution < 1.29 is 0 Å². The molecule has 3 nitrogen and oxygen atoms in total. The average molecular weight is 281 g/mol. The lowest BCUT2D eigenvalue weighted by atomic mass is 10.00. The number of hydrogen-bond acceptors (Lipinski definition) is 3. The molecule has 1 unspecified atom stereocenters. The second-order valence-electron chi connectivity index (χ2n) is 5.84. The van der Waals surface area contributed by atoms with Crippen LogP contribution in [0.3, 0.4) is 0 Å². The van der Waals surface area contributed by atoms with Gasteiger partial charge in [0, 0.05) is 25.3 Å². The van der Waals surface area contributed by atoms with Gasteiger partial charge in [-0.1, -0.05) is 37.3 Å². The van der Waals surface area contributed by atoms with Crippen molar-refractivity contribution in [3.05, 3.63) is 59.3 Å². The van der Waals surface area contributed by atoms with Crippen LogP contribution in [0.1, 0.15) is 30.0 Å². The minimum atomic E-state index is 0.236. The summed E-state index contributed by atoms with van der Waals surface area (Å²) in [5, 5.41) is 0. The Labute approximate surface area is 126 Å². The Bertz CT molecular complexity index is 592. The summed E-state index contributed by atoms with van der Waals surface area (Å²) in [6, 6.07) is 13.2. The number of nitrogens with two attached hydrogens (primary N) is 1. The minimum Gasteiger partial charge on any atom is -0.352 e. The molecule has 1 aromatic heterocycles. The summed E-state index contributed by atoms with van der Waals surface area (Å²) < 4.78 is 0. The zero-order chi connectivity index (χ0) is 14.7. The lowest BCUT2D eigenvalue weighted by Crippen LogP contribution is -2.31. The van der Waals surface area contributed by atoms with Crippen molar-refractivity contribution in [2.75, 3.05) is 11.4 Å². The number of rotatable bonds is 4. The van der Waals surface area contributed by atoms with Gasteiger partial charge in [-0.2, -0.15) is 0 Å². The quantitative estimate of drug-likeness (QED) is 0.937. The summed E-state index contributed by atoms with van der Waals surface area (Å²) in [6.45, 7) is 4.12. The van der Waals surface area contributed by atoms with Crippen molar-refractivity contribution in [2.45, 2.75) is 38.8 Å². The van der Waals surface area contributed by atoms with E-state index in [0.29, 0.717) is 0 Å². The van der Waals surface area contributed by atoms with Gasteiger partial charge in [0.2, 0.25) is 0 Å². The van der Waals surface area contributed by atoms with E-state index in [1.807, 2.05) is 6.20 Å². The molecule has 1 aliphatic heterocycles. The molecule has 0 amide bonds. The topological polar surface area (TPSA) is 42.1 Å². The Balaban J connectivity index is 1.71. The molecule has 0 spiro atoms. The maximum Gasteiger partial charge on any atom is 0.128 e. The van der Waals surface area contributed by atoms with Crippen molar-refractivity contribution >= 4 is 5.82 Å². The molecule has 0 fully saturated rings. The molecule has 1 atom stereocenters. The van der Waals surface area contributed by atoms with Gasteiger partial charge in [-0.05, 0) is 42.0 Å². The SMILES string of the molecule is CCC(N)Cc1ccc(N2CCc3ccccc3C2)nc1. The lowest BCUT2D eigenvalue weighted by molar-refractivity contribution is 0.644. The highest BCUT2D eigenvalue weighted by atomic mass is 15.2. The molecule has 2 aromatic rings. The number of nitrogens with zero attached hydrogens (tertiary/aromatic N) is 2. The summed E-state index contributed by atoms with van der Waals surface area (Å²) in [5.74, 6) is 1.07. The summed E-state index contributed by atoms with van der Waals surface area (Å²) in [7, 11) is 0. The molecule has 21 heavy (non-hydrogen) atoms. The van der Waals surface area contributed by atoms with Gasteiger partial charge < -0.3 is 10.6 Å². The molecule has 3 rings (SSSR count). The zero-order valence-electron chi connectivity index (χ0n) is 12.6. The third-order valence-electron chi connectivity index (χ3n) is 4.29. The van der Waals surface area contributed by atoms with E-state index in [1.54, 1.807) is 0 Å². The molecule has 0 saturated carbocycles. The third-order valence-corrected chi connectivity index (χ3v) is 4.29. The Morgan fingerprint density at radius 1 is 1.19 bits per heavy atom. The van der Waals surface area contributed by atoms with Crippen molar-refractivity contribution in [1.82, 2.24) is 4.98 Å². The van der Waals surface area contributed by atoms with Gasteiger partial charge in [-0.3, -0.25) is 0 Å². The molecule has 1 aromatic carbocycles. The van der Waals surface area contributed by atoms with Gasteiger partial charge in [0.15, 0.2) is 0 Å². The van der Waals surface area contributed by atoms with Crippen molar-refractivity contribution in [3.8, 4) is 0 Å². The van der Waals surface area contributed by atoms with E-state index in [1.165, 1.54) is 16.7 Å². The van der Waals surface area contributed by atoms with Gasteiger partial charge in [0.05, 0.1) is 0 Å². The molecule has 0 radical (unpaired) electrons. The maximum atomic E-state index is 6.00. The number of pyridine rings is 1. The molecular formula is C18H23N3. The van der Waals surface area contributed by atoms with Crippen LogP contribution in [0.15, 0.2) is 42.6 Å². The molecule has 3 heteroatoms. The second-order valence-corrected chi connectivity index (χ2v) is 5.84. The predicted octanol–water partition coefficient (Wildman–Crippen LogP) is 2.92. The van der Waals surface area contributed by atoms with Crippen LogP contribution in [-0.4, -0.2) is 17.6 Å². The number of aromatic nitrogens is 1. The number of fused-ring (bicyclic) bond motifs is 1. The Kier molecular flexibility index (Phi) is 4.20. The highest BCUT2D eigenvalue weighted by Gasteiger charge is 2.16. The van der Waals surface area contributed by atoms with E-state index in [9.17, 15) is 0 Å². The fraction of sp³-hybridized carbons (Fsp3) is 0.389. The van der Waals surface area contributed by atoms with Crippen LogP contribution in [0, 0.1) is 0 Å². The zero-order valence-corrected chi connectivity index (χ0v) is 12.6. The Morgan fingerprint density at radius 2 is 2.00 bits per heavy atom. The van der Waals surface area contributed by atoms with E-state index < -0.39 is 0 Å². The van der Waals surface area contributed by atoms with Gasteiger partial charge in [0.1, 0.15) is 5.82 Å².